The van der Waals surface area contributed by atoms with Crippen molar-refractivity contribution < 1.29 is 0 Å². The minimum atomic E-state index is 0.845. The van der Waals surface area contributed by atoms with Crippen molar-refractivity contribution in [3.63, 3.8) is 0 Å². The van der Waals surface area contributed by atoms with Crippen molar-refractivity contribution in [2.24, 2.45) is 0 Å². The largest absolute Gasteiger partial charge is 0.330 e. The van der Waals surface area contributed by atoms with Gasteiger partial charge in [0.05, 0.1) is 0 Å². The Morgan fingerprint density at radius 1 is 1.20 bits per heavy atom. The quantitative estimate of drug-likeness (QED) is 0.876. The van der Waals surface area contributed by atoms with Crippen molar-refractivity contribution in [3.05, 3.63) is 35.3 Å². The van der Waals surface area contributed by atoms with E-state index in [9.17, 15) is 0 Å². The van der Waals surface area contributed by atoms with E-state index in [1.54, 1.807) is 11.3 Å². The van der Waals surface area contributed by atoms with Gasteiger partial charge in [0.2, 0.25) is 5.13 Å². The Morgan fingerprint density at radius 2 is 2.00 bits per heavy atom. The fourth-order valence-electron chi connectivity index (χ4n) is 1.13. The van der Waals surface area contributed by atoms with Crippen molar-refractivity contribution in [2.45, 2.75) is 6.42 Å². The molecule has 0 aliphatic heterocycles. The highest BCUT2D eigenvalue weighted by Gasteiger charge is 2.02. The second-order valence-corrected chi connectivity index (χ2v) is 4.79. The van der Waals surface area contributed by atoms with E-state index in [4.69, 9.17) is 0 Å². The van der Waals surface area contributed by atoms with Gasteiger partial charge in [0, 0.05) is 17.4 Å². The highest BCUT2D eigenvalue weighted by atomic mass is 79.9. The maximum Gasteiger partial charge on any atom is 0.210 e. The third-order valence-electron chi connectivity index (χ3n) is 1.80. The van der Waals surface area contributed by atoms with Crippen molar-refractivity contribution in [1.29, 1.82) is 0 Å². The Balaban J connectivity index is 2.05. The lowest BCUT2D eigenvalue weighted by Crippen LogP contribution is -1.88. The average Bonchev–Trinajstić information content (AvgIpc) is 2.68. The van der Waals surface area contributed by atoms with Crippen molar-refractivity contribution in [3.8, 4) is 0 Å². The lowest BCUT2D eigenvalue weighted by Gasteiger charge is -1.99. The maximum atomic E-state index is 4.08. The Bertz CT molecular complexity index is 416. The molecule has 0 atom stereocenters. The van der Waals surface area contributed by atoms with Gasteiger partial charge in [0.15, 0.2) is 0 Å². The van der Waals surface area contributed by atoms with E-state index in [0.29, 0.717) is 0 Å². The van der Waals surface area contributed by atoms with Crippen LogP contribution >= 0.6 is 27.3 Å². The summed E-state index contributed by atoms with van der Waals surface area (Å²) in [5, 5.41) is 14.2. The van der Waals surface area contributed by atoms with Gasteiger partial charge in [-0.25, -0.2) is 0 Å². The number of hydrogen-bond donors (Lipinski definition) is 1. The molecule has 78 valence electrons. The summed E-state index contributed by atoms with van der Waals surface area (Å²) in [6.07, 6.45) is 0.925. The molecule has 1 aromatic heterocycles. The molecule has 1 aromatic carbocycles. The zero-order valence-corrected chi connectivity index (χ0v) is 10.4. The zero-order chi connectivity index (χ0) is 10.5. The number of rotatable bonds is 4. The summed E-state index contributed by atoms with van der Waals surface area (Å²) in [6, 6.07) is 9.98. The summed E-state index contributed by atoms with van der Waals surface area (Å²) < 4.78 is 0. The third-order valence-corrected chi connectivity index (χ3v) is 3.10. The second kappa shape index (κ2) is 5.23. The van der Waals surface area contributed by atoms with Gasteiger partial charge in [-0.2, -0.15) is 0 Å². The van der Waals surface area contributed by atoms with Crippen LogP contribution in [0.2, 0.25) is 0 Å². The van der Waals surface area contributed by atoms with Gasteiger partial charge in [0.1, 0.15) is 5.01 Å². The molecule has 0 fully saturated rings. The number of benzene rings is 1. The van der Waals surface area contributed by atoms with Crippen LogP contribution in [0.5, 0.6) is 0 Å². The summed E-state index contributed by atoms with van der Waals surface area (Å²) in [7, 11) is 0. The molecule has 2 rings (SSSR count). The monoisotopic (exact) mass is 283 g/mol. The molecule has 0 spiro atoms. The number of nitrogens with zero attached hydrogens (tertiary/aromatic N) is 2. The van der Waals surface area contributed by atoms with Crippen LogP contribution < -0.4 is 5.32 Å². The van der Waals surface area contributed by atoms with E-state index in [1.807, 2.05) is 30.3 Å². The molecule has 15 heavy (non-hydrogen) atoms. The lowest BCUT2D eigenvalue weighted by atomic mass is 10.3. The van der Waals surface area contributed by atoms with Crippen LogP contribution in [0, 0.1) is 0 Å². The number of para-hydroxylation sites is 1. The number of anilines is 2. The van der Waals surface area contributed by atoms with Gasteiger partial charge in [0.25, 0.3) is 0 Å². The van der Waals surface area contributed by atoms with Gasteiger partial charge in [-0.05, 0) is 12.1 Å². The summed E-state index contributed by atoms with van der Waals surface area (Å²) >= 11 is 4.97. The zero-order valence-electron chi connectivity index (χ0n) is 7.98. The first-order valence-electron chi connectivity index (χ1n) is 4.59. The van der Waals surface area contributed by atoms with Crippen LogP contribution in [0.1, 0.15) is 5.01 Å². The normalized spacial score (nSPS) is 10.2. The summed E-state index contributed by atoms with van der Waals surface area (Å²) in [5.74, 6) is 0. The van der Waals surface area contributed by atoms with Crippen molar-refractivity contribution in [2.75, 3.05) is 10.6 Å². The van der Waals surface area contributed by atoms with Gasteiger partial charge >= 0.3 is 0 Å². The van der Waals surface area contributed by atoms with Gasteiger partial charge in [-0.15, -0.1) is 10.2 Å². The van der Waals surface area contributed by atoms with Crippen LogP contribution in [0.3, 0.4) is 0 Å². The number of aryl methyl sites for hydroxylation is 1. The molecular formula is C10H10BrN3S. The molecular weight excluding hydrogens is 274 g/mol. The SMILES string of the molecule is BrCCc1nnc(Nc2ccccc2)s1. The highest BCUT2D eigenvalue weighted by Crippen LogP contribution is 2.20. The fourth-order valence-corrected chi connectivity index (χ4v) is 2.53. The van der Waals surface area contributed by atoms with Gasteiger partial charge < -0.3 is 5.32 Å². The lowest BCUT2D eigenvalue weighted by molar-refractivity contribution is 0.995. The van der Waals surface area contributed by atoms with Crippen LogP contribution in [0.25, 0.3) is 0 Å². The number of alkyl halides is 1. The minimum Gasteiger partial charge on any atom is -0.330 e. The molecule has 0 bridgehead atoms. The number of nitrogens with one attached hydrogen (secondary N) is 1. The standard InChI is InChI=1S/C10H10BrN3S/c11-7-6-9-13-14-10(15-9)12-8-4-2-1-3-5-8/h1-5H,6-7H2,(H,12,14). The summed E-state index contributed by atoms with van der Waals surface area (Å²) in [4.78, 5) is 0. The van der Waals surface area contributed by atoms with E-state index in [2.05, 4.69) is 31.4 Å². The molecule has 0 saturated heterocycles. The molecule has 0 unspecified atom stereocenters. The Kier molecular flexibility index (Phi) is 3.69. The molecule has 1 heterocycles. The first-order valence-corrected chi connectivity index (χ1v) is 6.52. The first-order chi connectivity index (χ1) is 7.38. The maximum absolute atomic E-state index is 4.08. The van der Waals surface area contributed by atoms with Crippen LogP contribution in [-0.2, 0) is 6.42 Å². The smallest absolute Gasteiger partial charge is 0.210 e. The molecule has 0 saturated carbocycles. The molecule has 0 radical (unpaired) electrons. The number of aromatic nitrogens is 2. The fraction of sp³-hybridized carbons (Fsp3) is 0.200. The predicted octanol–water partition coefficient (Wildman–Crippen LogP) is 3.22. The Hall–Kier alpha value is -0.940. The molecule has 1 N–H and O–H groups in total. The van der Waals surface area contributed by atoms with E-state index in [0.717, 1.165) is 27.6 Å². The summed E-state index contributed by atoms with van der Waals surface area (Å²) in [6.45, 7) is 0. The first kappa shape index (κ1) is 10.6. The minimum absolute atomic E-state index is 0.845. The van der Waals surface area contributed by atoms with Crippen molar-refractivity contribution in [1.82, 2.24) is 10.2 Å². The van der Waals surface area contributed by atoms with Gasteiger partial charge in [-0.3, -0.25) is 0 Å². The molecule has 0 amide bonds. The second-order valence-electron chi connectivity index (χ2n) is 2.93. The number of halogens is 1. The Labute approximate surface area is 101 Å². The van der Waals surface area contributed by atoms with Crippen LogP contribution in [0.15, 0.2) is 30.3 Å². The Morgan fingerprint density at radius 3 is 2.73 bits per heavy atom. The van der Waals surface area contributed by atoms with E-state index >= 15 is 0 Å². The third kappa shape index (κ3) is 3.00. The topological polar surface area (TPSA) is 37.8 Å². The molecule has 0 aliphatic rings. The van der Waals surface area contributed by atoms with E-state index in [1.165, 1.54) is 0 Å². The summed E-state index contributed by atoms with van der Waals surface area (Å²) in [5.41, 5.74) is 1.04. The van der Waals surface area contributed by atoms with E-state index in [-0.39, 0.29) is 0 Å². The number of hydrogen-bond acceptors (Lipinski definition) is 4. The average molecular weight is 284 g/mol. The van der Waals surface area contributed by atoms with Crippen LogP contribution in [0.4, 0.5) is 10.8 Å². The highest BCUT2D eigenvalue weighted by molar-refractivity contribution is 9.09. The predicted molar refractivity (Wildman–Crippen MR) is 67.1 cm³/mol. The molecule has 0 aliphatic carbocycles. The molecule has 5 heteroatoms. The molecule has 2 aromatic rings. The molecule has 3 nitrogen and oxygen atoms in total. The van der Waals surface area contributed by atoms with Gasteiger partial charge in [-0.1, -0.05) is 45.5 Å². The van der Waals surface area contributed by atoms with E-state index < -0.39 is 0 Å². The van der Waals surface area contributed by atoms with Crippen molar-refractivity contribution >= 4 is 38.1 Å². The van der Waals surface area contributed by atoms with Crippen LogP contribution in [-0.4, -0.2) is 15.5 Å².